The molecule has 0 aromatic carbocycles. The van der Waals surface area contributed by atoms with Gasteiger partial charge in [-0.3, -0.25) is 19.3 Å². The molecule has 2 amide bonds. The molecule has 0 saturated carbocycles. The minimum absolute atomic E-state index is 0.0671. The Bertz CT molecular complexity index is 1000. The Morgan fingerprint density at radius 1 is 1.30 bits per heavy atom. The predicted octanol–water partition coefficient (Wildman–Crippen LogP) is 2.03. The predicted molar refractivity (Wildman–Crippen MR) is 101 cm³/mol. The molecule has 27 heavy (non-hydrogen) atoms. The second-order valence-corrected chi connectivity index (χ2v) is 8.86. The third kappa shape index (κ3) is 3.92. The van der Waals surface area contributed by atoms with E-state index in [1.54, 1.807) is 28.8 Å². The number of nitrogens with zero attached hydrogens (tertiary/aromatic N) is 5. The molecule has 0 aliphatic carbocycles. The van der Waals surface area contributed by atoms with Crippen LogP contribution in [0.15, 0.2) is 33.9 Å². The summed E-state index contributed by atoms with van der Waals surface area (Å²) in [4.78, 5) is 30.8. The van der Waals surface area contributed by atoms with Gasteiger partial charge in [-0.15, -0.1) is 0 Å². The van der Waals surface area contributed by atoms with Crippen LogP contribution in [0.5, 0.6) is 0 Å². The van der Waals surface area contributed by atoms with Gasteiger partial charge in [0.05, 0.1) is 45.2 Å². The number of pyridine rings is 1. The van der Waals surface area contributed by atoms with Gasteiger partial charge in [0, 0.05) is 31.6 Å². The molecule has 3 rings (SSSR count). The maximum atomic E-state index is 13.3. The van der Waals surface area contributed by atoms with Crippen LogP contribution in [0.4, 0.5) is 0 Å². The summed E-state index contributed by atoms with van der Waals surface area (Å²) in [6.07, 6.45) is 7.20. The molecule has 144 valence electrons. The molecule has 2 aromatic heterocycles. The number of hydrogen-bond acceptors (Lipinski definition) is 5. The standard InChI is InChI=1S/C18H23N5O3S/c1-4-5-17(24)22-8-9-23-15(12-22)16(11-20-23)27(3,26)21-18(25)14-10-19-7-6-13(14)2/h6-7,10-11H,4-5,8-9,12H2,1-3H3. The van der Waals surface area contributed by atoms with Gasteiger partial charge in [0.2, 0.25) is 5.91 Å². The fraction of sp³-hybridized carbons (Fsp3) is 0.444. The quantitative estimate of drug-likeness (QED) is 0.797. The molecule has 0 radical (unpaired) electrons. The van der Waals surface area contributed by atoms with Crippen molar-refractivity contribution in [2.24, 2.45) is 4.36 Å². The van der Waals surface area contributed by atoms with Crippen molar-refractivity contribution in [1.29, 1.82) is 0 Å². The Morgan fingerprint density at radius 3 is 2.78 bits per heavy atom. The number of aryl methyl sites for hydroxylation is 1. The van der Waals surface area contributed by atoms with Crippen LogP contribution >= 0.6 is 0 Å². The minimum atomic E-state index is -3.01. The third-order valence-electron chi connectivity index (χ3n) is 4.58. The van der Waals surface area contributed by atoms with Gasteiger partial charge in [-0.05, 0) is 25.0 Å². The van der Waals surface area contributed by atoms with Gasteiger partial charge in [0.25, 0.3) is 5.91 Å². The molecule has 0 fully saturated rings. The molecule has 1 atom stereocenters. The highest BCUT2D eigenvalue weighted by molar-refractivity contribution is 7.93. The van der Waals surface area contributed by atoms with Gasteiger partial charge < -0.3 is 4.90 Å². The lowest BCUT2D eigenvalue weighted by atomic mass is 10.1. The molecule has 0 saturated heterocycles. The molecule has 2 aromatic rings. The van der Waals surface area contributed by atoms with Crippen LogP contribution < -0.4 is 0 Å². The number of carbonyl (C=O) groups excluding carboxylic acids is 2. The Labute approximate surface area is 158 Å². The van der Waals surface area contributed by atoms with E-state index in [1.165, 1.54) is 18.6 Å². The molecular weight excluding hydrogens is 366 g/mol. The smallest absolute Gasteiger partial charge is 0.287 e. The van der Waals surface area contributed by atoms with E-state index in [9.17, 15) is 13.8 Å². The lowest BCUT2D eigenvalue weighted by Crippen LogP contribution is -2.38. The highest BCUT2D eigenvalue weighted by atomic mass is 32.2. The van der Waals surface area contributed by atoms with Gasteiger partial charge in [0.1, 0.15) is 0 Å². The number of carbonyl (C=O) groups is 2. The number of rotatable bonds is 4. The van der Waals surface area contributed by atoms with Crippen LogP contribution in [0.1, 0.15) is 41.4 Å². The van der Waals surface area contributed by atoms with Crippen LogP contribution in [0.3, 0.4) is 0 Å². The molecule has 1 unspecified atom stereocenters. The Kier molecular flexibility index (Phi) is 5.41. The van der Waals surface area contributed by atoms with E-state index in [0.29, 0.717) is 42.2 Å². The molecule has 9 heteroatoms. The fourth-order valence-corrected chi connectivity index (χ4v) is 4.43. The molecule has 0 bridgehead atoms. The minimum Gasteiger partial charge on any atom is -0.335 e. The largest absolute Gasteiger partial charge is 0.335 e. The topological polar surface area (TPSA) is 97.5 Å². The summed E-state index contributed by atoms with van der Waals surface area (Å²) in [6, 6.07) is 1.71. The van der Waals surface area contributed by atoms with Crippen molar-refractivity contribution in [3.63, 3.8) is 0 Å². The highest BCUT2D eigenvalue weighted by Crippen LogP contribution is 2.23. The third-order valence-corrected chi connectivity index (χ3v) is 6.26. The van der Waals surface area contributed by atoms with Gasteiger partial charge >= 0.3 is 0 Å². The van der Waals surface area contributed by atoms with Gasteiger partial charge in [-0.25, -0.2) is 4.21 Å². The van der Waals surface area contributed by atoms with Crippen molar-refractivity contribution >= 4 is 21.5 Å². The monoisotopic (exact) mass is 389 g/mol. The summed E-state index contributed by atoms with van der Waals surface area (Å²) in [5.74, 6) is -0.500. The second kappa shape index (κ2) is 7.59. The first-order valence-electron chi connectivity index (χ1n) is 8.83. The number of hydrogen-bond donors (Lipinski definition) is 0. The first-order valence-corrected chi connectivity index (χ1v) is 10.8. The van der Waals surface area contributed by atoms with Crippen molar-refractivity contribution in [2.75, 3.05) is 12.8 Å². The van der Waals surface area contributed by atoms with E-state index in [2.05, 4.69) is 14.4 Å². The van der Waals surface area contributed by atoms with Crippen molar-refractivity contribution < 1.29 is 13.8 Å². The summed E-state index contributed by atoms with van der Waals surface area (Å²) >= 11 is 0. The zero-order valence-corrected chi connectivity index (χ0v) is 16.5. The first-order chi connectivity index (χ1) is 12.8. The van der Waals surface area contributed by atoms with Crippen LogP contribution in [-0.4, -0.2) is 48.5 Å². The second-order valence-electron chi connectivity index (χ2n) is 6.63. The molecule has 0 spiro atoms. The van der Waals surface area contributed by atoms with Gasteiger partial charge in [-0.1, -0.05) is 6.92 Å². The molecule has 0 N–H and O–H groups in total. The van der Waals surface area contributed by atoms with E-state index in [1.807, 2.05) is 6.92 Å². The zero-order chi connectivity index (χ0) is 19.6. The van der Waals surface area contributed by atoms with Gasteiger partial charge in [-0.2, -0.15) is 9.46 Å². The van der Waals surface area contributed by atoms with Crippen molar-refractivity contribution in [1.82, 2.24) is 19.7 Å². The van der Waals surface area contributed by atoms with Crippen LogP contribution in [0.25, 0.3) is 0 Å². The molecule has 1 aliphatic rings. The summed E-state index contributed by atoms with van der Waals surface area (Å²) < 4.78 is 19.0. The number of fused-ring (bicyclic) bond motifs is 1. The summed E-state index contributed by atoms with van der Waals surface area (Å²) in [6.45, 7) is 5.18. The lowest BCUT2D eigenvalue weighted by Gasteiger charge is -2.28. The Balaban J connectivity index is 1.94. The van der Waals surface area contributed by atoms with Crippen LogP contribution in [-0.2, 0) is 27.6 Å². The normalized spacial score (nSPS) is 15.7. The zero-order valence-electron chi connectivity index (χ0n) is 15.7. The fourth-order valence-electron chi connectivity index (χ4n) is 3.07. The SMILES string of the molecule is CCCC(=O)N1CCn2ncc(S(C)(=O)=NC(=O)c3cnccc3C)c2C1. The van der Waals surface area contributed by atoms with Crippen molar-refractivity contribution in [3.05, 3.63) is 41.5 Å². The molecule has 1 aliphatic heterocycles. The summed E-state index contributed by atoms with van der Waals surface area (Å²) in [5, 5.41) is 4.28. The van der Waals surface area contributed by atoms with E-state index in [-0.39, 0.29) is 5.91 Å². The number of amides is 2. The van der Waals surface area contributed by atoms with Crippen LogP contribution in [0, 0.1) is 6.92 Å². The molecular formula is C18H23N5O3S. The molecule has 8 nitrogen and oxygen atoms in total. The van der Waals surface area contributed by atoms with Crippen LogP contribution in [0.2, 0.25) is 0 Å². The Morgan fingerprint density at radius 2 is 2.07 bits per heavy atom. The lowest BCUT2D eigenvalue weighted by molar-refractivity contribution is -0.132. The summed E-state index contributed by atoms with van der Waals surface area (Å²) in [5.41, 5.74) is 1.73. The average molecular weight is 389 g/mol. The summed E-state index contributed by atoms with van der Waals surface area (Å²) in [7, 11) is -3.01. The van der Waals surface area contributed by atoms with Gasteiger partial charge in [0.15, 0.2) is 0 Å². The first kappa shape index (κ1) is 19.2. The van der Waals surface area contributed by atoms with Crippen molar-refractivity contribution in [2.45, 2.75) is 44.7 Å². The maximum Gasteiger partial charge on any atom is 0.287 e. The van der Waals surface area contributed by atoms with E-state index in [0.717, 1.165) is 12.0 Å². The van der Waals surface area contributed by atoms with E-state index < -0.39 is 15.6 Å². The maximum absolute atomic E-state index is 13.3. The van der Waals surface area contributed by atoms with Crippen molar-refractivity contribution in [3.8, 4) is 0 Å². The Hall–Kier alpha value is -2.55. The van der Waals surface area contributed by atoms with E-state index in [4.69, 9.17) is 0 Å². The number of aromatic nitrogens is 3. The highest BCUT2D eigenvalue weighted by Gasteiger charge is 2.27. The molecule has 3 heterocycles. The van der Waals surface area contributed by atoms with E-state index >= 15 is 0 Å². The average Bonchev–Trinajstić information content (AvgIpc) is 3.06.